The van der Waals surface area contributed by atoms with Crippen molar-refractivity contribution in [1.82, 2.24) is 4.57 Å². The molecule has 0 bridgehead atoms. The number of nitrogens with zero attached hydrogens (tertiary/aromatic N) is 1. The first-order valence-electron chi connectivity index (χ1n) is 9.87. The van der Waals surface area contributed by atoms with E-state index in [2.05, 4.69) is 49.6 Å². The number of fused-ring (bicyclic) bond motifs is 3. The van der Waals surface area contributed by atoms with E-state index >= 15 is 0 Å². The van der Waals surface area contributed by atoms with Gasteiger partial charge in [0.1, 0.15) is 5.82 Å². The second-order valence-electron chi connectivity index (χ2n) is 7.29. The Hall–Kier alpha value is -3.98. The van der Waals surface area contributed by atoms with Crippen molar-refractivity contribution >= 4 is 38.9 Å². The molecule has 0 unspecified atom stereocenters. The third-order valence-corrected chi connectivity index (χ3v) is 5.29. The number of hydrogen-bond donors (Lipinski definition) is 2. The molecule has 0 atom stereocenters. The fourth-order valence-corrected chi connectivity index (χ4v) is 3.85. The minimum atomic E-state index is 0.507. The van der Waals surface area contributed by atoms with Crippen molar-refractivity contribution in [2.75, 3.05) is 5.73 Å². The van der Waals surface area contributed by atoms with Crippen molar-refractivity contribution in [2.45, 2.75) is 6.92 Å². The molecule has 3 nitrogen and oxygen atoms in total. The zero-order chi connectivity index (χ0) is 21.3. The zero-order valence-corrected chi connectivity index (χ0v) is 17.1. The Bertz CT molecular complexity index is 1350. The van der Waals surface area contributed by atoms with Crippen LogP contribution in [0.4, 0.5) is 5.69 Å². The molecule has 1 heterocycles. The predicted octanol–water partition coefficient (Wildman–Crippen LogP) is 6.58. The van der Waals surface area contributed by atoms with Crippen LogP contribution in [0, 0.1) is 0 Å². The summed E-state index contributed by atoms with van der Waals surface area (Å²) in [5.74, 6) is 0.507. The van der Waals surface area contributed by atoms with E-state index in [-0.39, 0.29) is 0 Å². The van der Waals surface area contributed by atoms with Crippen LogP contribution in [-0.2, 0) is 0 Å². The van der Waals surface area contributed by atoms with Crippen LogP contribution < -0.4 is 11.5 Å². The van der Waals surface area contributed by atoms with Gasteiger partial charge in [0.2, 0.25) is 0 Å². The Balaban J connectivity index is 1.87. The van der Waals surface area contributed by atoms with Gasteiger partial charge >= 0.3 is 0 Å². The molecule has 3 heteroatoms. The van der Waals surface area contributed by atoms with Crippen LogP contribution in [0.1, 0.15) is 12.5 Å². The number of para-hydroxylation sites is 1. The lowest BCUT2D eigenvalue weighted by Crippen LogP contribution is -2.03. The van der Waals surface area contributed by atoms with Gasteiger partial charge in [-0.15, -0.1) is 0 Å². The van der Waals surface area contributed by atoms with Crippen LogP contribution in [0.25, 0.3) is 44.3 Å². The summed E-state index contributed by atoms with van der Waals surface area (Å²) in [4.78, 5) is 0. The predicted molar refractivity (Wildman–Crippen MR) is 132 cm³/mol. The lowest BCUT2D eigenvalue weighted by Gasteiger charge is -2.10. The second-order valence-corrected chi connectivity index (χ2v) is 7.29. The quantitative estimate of drug-likeness (QED) is 0.298. The molecule has 0 spiro atoms. The maximum absolute atomic E-state index is 6.23. The van der Waals surface area contributed by atoms with Crippen LogP contribution in [0.15, 0.2) is 98.1 Å². The third-order valence-electron chi connectivity index (χ3n) is 5.29. The lowest BCUT2D eigenvalue weighted by atomic mass is 9.97. The fourth-order valence-electron chi connectivity index (χ4n) is 3.85. The smallest absolute Gasteiger partial charge is 0.100 e. The Morgan fingerprint density at radius 1 is 0.867 bits per heavy atom. The minimum Gasteiger partial charge on any atom is -0.398 e. The van der Waals surface area contributed by atoms with Gasteiger partial charge in [-0.1, -0.05) is 67.8 Å². The number of benzene rings is 3. The molecule has 148 valence electrons. The lowest BCUT2D eigenvalue weighted by molar-refractivity contribution is 1.18. The summed E-state index contributed by atoms with van der Waals surface area (Å²) >= 11 is 0. The highest BCUT2D eigenvalue weighted by Crippen LogP contribution is 2.35. The van der Waals surface area contributed by atoms with E-state index in [1.54, 1.807) is 0 Å². The molecule has 0 saturated carbocycles. The van der Waals surface area contributed by atoms with Crippen molar-refractivity contribution in [3.8, 4) is 11.1 Å². The summed E-state index contributed by atoms with van der Waals surface area (Å²) in [6, 6.07) is 20.7. The second kappa shape index (κ2) is 7.80. The first kappa shape index (κ1) is 19.3. The first-order chi connectivity index (χ1) is 14.5. The third kappa shape index (κ3) is 3.31. The summed E-state index contributed by atoms with van der Waals surface area (Å²) < 4.78 is 2.00. The average Bonchev–Trinajstić information content (AvgIpc) is 3.08. The van der Waals surface area contributed by atoms with E-state index in [9.17, 15) is 0 Å². The van der Waals surface area contributed by atoms with Crippen molar-refractivity contribution in [3.63, 3.8) is 0 Å². The Labute approximate surface area is 176 Å². The number of allylic oxidation sites excluding steroid dienone is 5. The molecule has 0 radical (unpaired) electrons. The Morgan fingerprint density at radius 3 is 2.33 bits per heavy atom. The van der Waals surface area contributed by atoms with Crippen LogP contribution in [0.2, 0.25) is 0 Å². The highest BCUT2D eigenvalue weighted by molar-refractivity contribution is 6.11. The Morgan fingerprint density at radius 2 is 1.57 bits per heavy atom. The molecule has 0 aliphatic heterocycles. The summed E-state index contributed by atoms with van der Waals surface area (Å²) in [5.41, 5.74) is 19.2. The molecule has 3 aromatic carbocycles. The fraction of sp³-hybridized carbons (Fsp3) is 0.0370. The van der Waals surface area contributed by atoms with E-state index in [4.69, 9.17) is 11.5 Å². The first-order valence-corrected chi connectivity index (χ1v) is 9.87. The minimum absolute atomic E-state index is 0.507. The van der Waals surface area contributed by atoms with E-state index in [0.717, 1.165) is 44.1 Å². The maximum Gasteiger partial charge on any atom is 0.100 e. The molecule has 0 amide bonds. The average molecular weight is 392 g/mol. The van der Waals surface area contributed by atoms with Gasteiger partial charge in [-0.05, 0) is 54.0 Å². The van der Waals surface area contributed by atoms with Crippen LogP contribution >= 0.6 is 0 Å². The number of aromatic nitrogens is 1. The molecule has 0 saturated heterocycles. The van der Waals surface area contributed by atoms with Gasteiger partial charge in [0.15, 0.2) is 0 Å². The maximum atomic E-state index is 6.23. The van der Waals surface area contributed by atoms with Gasteiger partial charge in [-0.3, -0.25) is 4.57 Å². The molecule has 4 rings (SSSR count). The highest BCUT2D eigenvalue weighted by atomic mass is 15.1. The van der Waals surface area contributed by atoms with Crippen molar-refractivity contribution < 1.29 is 0 Å². The van der Waals surface area contributed by atoms with Gasteiger partial charge in [-0.2, -0.15) is 0 Å². The van der Waals surface area contributed by atoms with Gasteiger partial charge in [-0.25, -0.2) is 0 Å². The number of rotatable bonds is 5. The van der Waals surface area contributed by atoms with Gasteiger partial charge < -0.3 is 11.5 Å². The topological polar surface area (TPSA) is 57.0 Å². The monoisotopic (exact) mass is 391 g/mol. The SMILES string of the molecule is C=C(/C=C\C=C/C)c1cc(-c2ccc3c(c2)c2ccccc2n3C(=C)N)ccc1N. The van der Waals surface area contributed by atoms with Crippen molar-refractivity contribution in [1.29, 1.82) is 0 Å². The van der Waals surface area contributed by atoms with Gasteiger partial charge in [0.25, 0.3) is 0 Å². The highest BCUT2D eigenvalue weighted by Gasteiger charge is 2.13. The molecular formula is C27H25N3. The van der Waals surface area contributed by atoms with E-state index in [0.29, 0.717) is 11.5 Å². The number of nitrogen functional groups attached to an aromatic ring is 1. The molecule has 4 N–H and O–H groups in total. The molecule has 1 aromatic heterocycles. The standard InChI is InChI=1S/C27H25N3/c1-4-5-6-9-18(2)23-16-20(12-14-25(23)29)21-13-15-27-24(17-21)22-10-7-8-11-26(22)30(27)19(3)28/h4-17H,2-3,28-29H2,1H3/b5-4-,9-6-. The largest absolute Gasteiger partial charge is 0.398 e. The normalized spacial score (nSPS) is 11.8. The van der Waals surface area contributed by atoms with E-state index < -0.39 is 0 Å². The molecule has 0 aliphatic rings. The van der Waals surface area contributed by atoms with E-state index in [1.165, 1.54) is 0 Å². The number of nitrogens with two attached hydrogens (primary N) is 2. The summed E-state index contributed by atoms with van der Waals surface area (Å²) in [6.45, 7) is 10.1. The summed E-state index contributed by atoms with van der Waals surface area (Å²) in [6.07, 6.45) is 7.89. The van der Waals surface area contributed by atoms with Crippen LogP contribution in [0.5, 0.6) is 0 Å². The van der Waals surface area contributed by atoms with E-state index in [1.807, 2.05) is 60.1 Å². The summed E-state index contributed by atoms with van der Waals surface area (Å²) in [7, 11) is 0. The van der Waals surface area contributed by atoms with Crippen LogP contribution in [-0.4, -0.2) is 4.57 Å². The molecule has 4 aromatic rings. The molecule has 0 aliphatic carbocycles. The summed E-state index contributed by atoms with van der Waals surface area (Å²) in [5, 5.41) is 2.29. The molecular weight excluding hydrogens is 366 g/mol. The number of hydrogen-bond acceptors (Lipinski definition) is 2. The Kier molecular flexibility index (Phi) is 5.03. The van der Waals surface area contributed by atoms with Gasteiger partial charge in [0, 0.05) is 22.0 Å². The zero-order valence-electron chi connectivity index (χ0n) is 17.1. The number of anilines is 1. The van der Waals surface area contributed by atoms with Crippen LogP contribution in [0.3, 0.4) is 0 Å². The van der Waals surface area contributed by atoms with Crippen molar-refractivity contribution in [3.05, 3.63) is 104 Å². The molecule has 30 heavy (non-hydrogen) atoms. The molecule has 0 fully saturated rings. The van der Waals surface area contributed by atoms with Crippen molar-refractivity contribution in [2.24, 2.45) is 5.73 Å². The van der Waals surface area contributed by atoms with Gasteiger partial charge in [0.05, 0.1) is 11.0 Å².